The van der Waals surface area contributed by atoms with Crippen LogP contribution < -0.4 is 15.2 Å². The third-order valence-corrected chi connectivity index (χ3v) is 3.97. The molecule has 1 heterocycles. The molecule has 7 heteroatoms. The molecule has 0 bridgehead atoms. The van der Waals surface area contributed by atoms with Crippen molar-refractivity contribution in [3.05, 3.63) is 48.3 Å². The maximum Gasteiger partial charge on any atom is 0.238 e. The molecule has 0 aliphatic rings. The van der Waals surface area contributed by atoms with Crippen LogP contribution in [0.1, 0.15) is 18.5 Å². The summed E-state index contributed by atoms with van der Waals surface area (Å²) >= 11 is 0. The first-order valence-corrected chi connectivity index (χ1v) is 7.84. The van der Waals surface area contributed by atoms with Gasteiger partial charge in [-0.2, -0.15) is 0 Å². The third-order valence-electron chi connectivity index (χ3n) is 3.06. The van der Waals surface area contributed by atoms with Crippen molar-refractivity contribution in [2.75, 3.05) is 12.4 Å². The van der Waals surface area contributed by atoms with Crippen molar-refractivity contribution in [3.8, 4) is 5.75 Å². The number of hydrogen-bond donors (Lipinski definition) is 2. The molecule has 21 heavy (non-hydrogen) atoms. The molecular weight excluding hydrogens is 290 g/mol. The highest BCUT2D eigenvalue weighted by Gasteiger charge is 2.14. The number of anilines is 1. The van der Waals surface area contributed by atoms with Gasteiger partial charge in [-0.25, -0.2) is 13.6 Å². The van der Waals surface area contributed by atoms with Gasteiger partial charge in [-0.05, 0) is 36.8 Å². The van der Waals surface area contributed by atoms with E-state index in [2.05, 4.69) is 10.3 Å². The Morgan fingerprint density at radius 1 is 1.33 bits per heavy atom. The fourth-order valence-corrected chi connectivity index (χ4v) is 2.47. The number of benzene rings is 1. The summed E-state index contributed by atoms with van der Waals surface area (Å²) in [6, 6.07) is 8.14. The molecule has 1 aromatic carbocycles. The number of nitrogens with zero attached hydrogens (tertiary/aromatic N) is 1. The second kappa shape index (κ2) is 6.11. The van der Waals surface area contributed by atoms with Crippen LogP contribution in [-0.2, 0) is 10.0 Å². The molecule has 0 amide bonds. The summed E-state index contributed by atoms with van der Waals surface area (Å²) < 4.78 is 28.1. The van der Waals surface area contributed by atoms with Gasteiger partial charge in [-0.1, -0.05) is 6.07 Å². The van der Waals surface area contributed by atoms with Crippen LogP contribution in [0.4, 0.5) is 5.69 Å². The van der Waals surface area contributed by atoms with Crippen LogP contribution in [-0.4, -0.2) is 20.5 Å². The maximum absolute atomic E-state index is 11.4. The molecule has 1 unspecified atom stereocenters. The maximum atomic E-state index is 11.4. The average Bonchev–Trinajstić information content (AvgIpc) is 2.47. The van der Waals surface area contributed by atoms with Crippen LogP contribution in [0.25, 0.3) is 0 Å². The molecular formula is C14H17N3O3S. The zero-order chi connectivity index (χ0) is 15.5. The first-order chi connectivity index (χ1) is 9.91. The first-order valence-electron chi connectivity index (χ1n) is 6.29. The van der Waals surface area contributed by atoms with Crippen molar-refractivity contribution in [3.63, 3.8) is 0 Å². The molecule has 0 aliphatic heterocycles. The number of primary sulfonamides is 1. The molecule has 2 rings (SSSR count). The lowest BCUT2D eigenvalue weighted by atomic mass is 10.1. The van der Waals surface area contributed by atoms with Crippen LogP contribution in [0, 0.1) is 0 Å². The van der Waals surface area contributed by atoms with E-state index in [1.54, 1.807) is 18.5 Å². The van der Waals surface area contributed by atoms with Crippen molar-refractivity contribution in [1.82, 2.24) is 4.98 Å². The summed E-state index contributed by atoms with van der Waals surface area (Å²) in [6.07, 6.45) is 3.44. The zero-order valence-corrected chi connectivity index (χ0v) is 12.6. The monoisotopic (exact) mass is 307 g/mol. The van der Waals surface area contributed by atoms with Gasteiger partial charge in [0.1, 0.15) is 5.75 Å². The van der Waals surface area contributed by atoms with Crippen LogP contribution in [0.3, 0.4) is 0 Å². The topological polar surface area (TPSA) is 94.3 Å². The normalized spacial score (nSPS) is 12.7. The number of aromatic nitrogens is 1. The fourth-order valence-electron chi connectivity index (χ4n) is 1.93. The highest BCUT2D eigenvalue weighted by molar-refractivity contribution is 7.89. The Morgan fingerprint density at radius 2 is 2.10 bits per heavy atom. The van der Waals surface area contributed by atoms with Gasteiger partial charge in [0, 0.05) is 12.4 Å². The average molecular weight is 307 g/mol. The van der Waals surface area contributed by atoms with Crippen LogP contribution >= 0.6 is 0 Å². The molecule has 112 valence electrons. The Hall–Kier alpha value is -2.12. The molecule has 0 fully saturated rings. The van der Waals surface area contributed by atoms with Crippen molar-refractivity contribution >= 4 is 15.7 Å². The molecule has 0 spiro atoms. The van der Waals surface area contributed by atoms with Crippen LogP contribution in [0.15, 0.2) is 47.6 Å². The molecule has 0 saturated heterocycles. The van der Waals surface area contributed by atoms with E-state index in [0.717, 1.165) is 5.56 Å². The minimum absolute atomic E-state index is 0.0317. The summed E-state index contributed by atoms with van der Waals surface area (Å²) in [4.78, 5) is 4.09. The third kappa shape index (κ3) is 3.71. The number of sulfonamides is 1. The fraction of sp³-hybridized carbons (Fsp3) is 0.214. The van der Waals surface area contributed by atoms with E-state index in [4.69, 9.17) is 9.88 Å². The Balaban J connectivity index is 2.34. The lowest BCUT2D eigenvalue weighted by Crippen LogP contribution is -2.13. The predicted octanol–water partition coefficient (Wildman–Crippen LogP) is 1.91. The number of nitrogens with two attached hydrogens (primary N) is 1. The highest BCUT2D eigenvalue weighted by atomic mass is 32.2. The predicted molar refractivity (Wildman–Crippen MR) is 80.6 cm³/mol. The summed E-state index contributed by atoms with van der Waals surface area (Å²) in [5.74, 6) is 0.540. The van der Waals surface area contributed by atoms with Crippen LogP contribution in [0.2, 0.25) is 0 Å². The highest BCUT2D eigenvalue weighted by Crippen LogP contribution is 2.30. The van der Waals surface area contributed by atoms with Gasteiger partial charge in [-0.15, -0.1) is 0 Å². The van der Waals surface area contributed by atoms with E-state index in [9.17, 15) is 8.42 Å². The van der Waals surface area contributed by atoms with E-state index in [-0.39, 0.29) is 10.9 Å². The van der Waals surface area contributed by atoms with E-state index in [0.29, 0.717) is 11.4 Å². The van der Waals surface area contributed by atoms with Crippen LogP contribution in [0.5, 0.6) is 5.75 Å². The quantitative estimate of drug-likeness (QED) is 0.880. The van der Waals surface area contributed by atoms with Gasteiger partial charge in [0.25, 0.3) is 0 Å². The number of methoxy groups -OCH3 is 1. The lowest BCUT2D eigenvalue weighted by Gasteiger charge is -2.18. The van der Waals surface area contributed by atoms with Gasteiger partial charge in [-0.3, -0.25) is 4.98 Å². The molecule has 3 N–H and O–H groups in total. The number of nitrogens with one attached hydrogen (secondary N) is 1. The van der Waals surface area contributed by atoms with E-state index in [1.807, 2.05) is 19.1 Å². The zero-order valence-electron chi connectivity index (χ0n) is 11.8. The molecule has 6 nitrogen and oxygen atoms in total. The minimum Gasteiger partial charge on any atom is -0.495 e. The van der Waals surface area contributed by atoms with Gasteiger partial charge in [0.05, 0.1) is 23.7 Å². The van der Waals surface area contributed by atoms with Crippen molar-refractivity contribution < 1.29 is 13.2 Å². The lowest BCUT2D eigenvalue weighted by molar-refractivity contribution is 0.415. The van der Waals surface area contributed by atoms with E-state index in [1.165, 1.54) is 19.2 Å². The molecule has 2 aromatic rings. The largest absolute Gasteiger partial charge is 0.495 e. The Kier molecular flexibility index (Phi) is 4.44. The number of ether oxygens (including phenoxy) is 1. The molecule has 0 radical (unpaired) electrons. The second-order valence-corrected chi connectivity index (χ2v) is 6.12. The molecule has 1 aromatic heterocycles. The summed E-state index contributed by atoms with van der Waals surface area (Å²) in [6.45, 7) is 1.94. The number of rotatable bonds is 5. The van der Waals surface area contributed by atoms with E-state index < -0.39 is 10.0 Å². The number of hydrogen-bond acceptors (Lipinski definition) is 5. The summed E-state index contributed by atoms with van der Waals surface area (Å²) in [7, 11) is -2.24. The Morgan fingerprint density at radius 3 is 2.67 bits per heavy atom. The van der Waals surface area contributed by atoms with Crippen molar-refractivity contribution in [1.29, 1.82) is 0 Å². The first kappa shape index (κ1) is 15.3. The smallest absolute Gasteiger partial charge is 0.238 e. The standard InChI is InChI=1S/C14H17N3O3S/c1-10(11-4-3-7-16-9-11)17-13-8-12(21(15,18)19)5-6-14(13)20-2/h3-10,17H,1-2H3,(H2,15,18,19). The minimum atomic E-state index is -3.76. The Bertz CT molecular complexity index is 717. The summed E-state index contributed by atoms with van der Waals surface area (Å²) in [5.41, 5.74) is 1.53. The molecule has 0 saturated carbocycles. The van der Waals surface area contributed by atoms with Gasteiger partial charge in [0.2, 0.25) is 10.0 Å². The Labute approximate surface area is 124 Å². The van der Waals surface area contributed by atoms with Crippen molar-refractivity contribution in [2.24, 2.45) is 5.14 Å². The van der Waals surface area contributed by atoms with Crippen molar-refractivity contribution in [2.45, 2.75) is 17.9 Å². The van der Waals surface area contributed by atoms with E-state index >= 15 is 0 Å². The molecule has 1 atom stereocenters. The SMILES string of the molecule is COc1ccc(S(N)(=O)=O)cc1NC(C)c1cccnc1. The molecule has 0 aliphatic carbocycles. The van der Waals surface area contributed by atoms with Gasteiger partial charge in [0.15, 0.2) is 0 Å². The number of pyridine rings is 1. The second-order valence-electron chi connectivity index (χ2n) is 4.56. The van der Waals surface area contributed by atoms with Gasteiger partial charge < -0.3 is 10.1 Å². The summed E-state index contributed by atoms with van der Waals surface area (Å²) in [5, 5.41) is 8.36. The van der Waals surface area contributed by atoms with Gasteiger partial charge >= 0.3 is 0 Å².